The van der Waals surface area contributed by atoms with Crippen LogP contribution in [0.4, 0.5) is 0 Å². The van der Waals surface area contributed by atoms with Gasteiger partial charge in [-0.1, -0.05) is 33.1 Å². The summed E-state index contributed by atoms with van der Waals surface area (Å²) in [6.07, 6.45) is 7.99. The zero-order valence-corrected chi connectivity index (χ0v) is 12.4. The quantitative estimate of drug-likeness (QED) is 0.807. The van der Waals surface area contributed by atoms with Gasteiger partial charge in [0.25, 0.3) is 0 Å². The fraction of sp³-hybridized carbons (Fsp3) is 0.938. The maximum Gasteiger partial charge on any atom is 0.307 e. The van der Waals surface area contributed by atoms with E-state index in [1.165, 1.54) is 32.1 Å². The van der Waals surface area contributed by atoms with Crippen molar-refractivity contribution in [2.24, 2.45) is 23.2 Å². The van der Waals surface area contributed by atoms with Gasteiger partial charge in [0.1, 0.15) is 0 Å². The van der Waals surface area contributed by atoms with Crippen LogP contribution in [0.15, 0.2) is 0 Å². The molecule has 1 N–H and O–H groups in total. The van der Waals surface area contributed by atoms with Crippen molar-refractivity contribution in [1.29, 1.82) is 0 Å². The van der Waals surface area contributed by atoms with Gasteiger partial charge in [-0.05, 0) is 30.6 Å². The fourth-order valence-electron chi connectivity index (χ4n) is 5.11. The molecule has 2 saturated heterocycles. The molecular formula is C16H24O4. The average Bonchev–Trinajstić information content (AvgIpc) is 3.15. The van der Waals surface area contributed by atoms with E-state index in [0.717, 1.165) is 12.8 Å². The Bertz CT molecular complexity index is 445. The number of hydrogen-bond donors (Lipinski definition) is 1. The van der Waals surface area contributed by atoms with Crippen molar-refractivity contribution in [3.63, 3.8) is 0 Å². The van der Waals surface area contributed by atoms with Crippen LogP contribution < -0.4 is 0 Å². The van der Waals surface area contributed by atoms with Crippen LogP contribution in [-0.4, -0.2) is 22.7 Å². The van der Waals surface area contributed by atoms with Gasteiger partial charge in [-0.25, -0.2) is 0 Å². The summed E-state index contributed by atoms with van der Waals surface area (Å²) in [5.74, 6) is -1.70. The van der Waals surface area contributed by atoms with Crippen molar-refractivity contribution >= 4 is 5.97 Å². The molecule has 0 amide bonds. The van der Waals surface area contributed by atoms with Crippen molar-refractivity contribution in [2.45, 2.75) is 70.4 Å². The fourth-order valence-corrected chi connectivity index (χ4v) is 5.11. The number of rotatable bonds is 3. The molecule has 112 valence electrons. The number of hydrogen-bond acceptors (Lipinski definition) is 3. The summed E-state index contributed by atoms with van der Waals surface area (Å²) in [5.41, 5.74) is 0.270. The Hall–Kier alpha value is -0.610. The number of carbonyl (C=O) groups is 1. The Morgan fingerprint density at radius 3 is 2.50 bits per heavy atom. The summed E-state index contributed by atoms with van der Waals surface area (Å²) >= 11 is 0. The van der Waals surface area contributed by atoms with Crippen LogP contribution in [-0.2, 0) is 14.3 Å². The highest BCUT2D eigenvalue weighted by atomic mass is 17.0. The first-order chi connectivity index (χ1) is 9.42. The van der Waals surface area contributed by atoms with Gasteiger partial charge in [0.15, 0.2) is 0 Å². The third-order valence-electron chi connectivity index (χ3n) is 6.26. The topological polar surface area (TPSA) is 62.4 Å². The molecule has 20 heavy (non-hydrogen) atoms. The van der Waals surface area contributed by atoms with Crippen LogP contribution in [0.3, 0.4) is 0 Å². The van der Waals surface area contributed by atoms with Gasteiger partial charge in [-0.2, -0.15) is 0 Å². The zero-order valence-electron chi connectivity index (χ0n) is 12.4. The van der Waals surface area contributed by atoms with E-state index in [0.29, 0.717) is 0 Å². The van der Waals surface area contributed by atoms with Gasteiger partial charge in [-0.3, -0.25) is 4.79 Å². The van der Waals surface area contributed by atoms with Crippen LogP contribution >= 0.6 is 0 Å². The molecule has 0 radical (unpaired) electrons. The van der Waals surface area contributed by atoms with Gasteiger partial charge >= 0.3 is 5.97 Å². The Kier molecular flexibility index (Phi) is 2.47. The van der Waals surface area contributed by atoms with E-state index in [9.17, 15) is 9.90 Å². The summed E-state index contributed by atoms with van der Waals surface area (Å²) < 4.78 is 11.6. The Balaban J connectivity index is 1.59. The number of aliphatic carboxylic acids is 1. The summed E-state index contributed by atoms with van der Waals surface area (Å²) in [7, 11) is 0. The number of carboxylic acid groups (broad SMARTS) is 1. The van der Waals surface area contributed by atoms with Crippen molar-refractivity contribution in [3.05, 3.63) is 0 Å². The molecule has 2 aliphatic heterocycles. The van der Waals surface area contributed by atoms with Crippen LogP contribution in [0.25, 0.3) is 0 Å². The molecule has 3 atom stereocenters. The molecule has 4 heteroatoms. The molecule has 2 aliphatic carbocycles. The van der Waals surface area contributed by atoms with Crippen molar-refractivity contribution in [2.75, 3.05) is 0 Å². The Morgan fingerprint density at radius 2 is 1.90 bits per heavy atom. The lowest BCUT2D eigenvalue weighted by molar-refractivity contribution is -0.153. The lowest BCUT2D eigenvalue weighted by atomic mass is 9.63. The maximum atomic E-state index is 11.7. The Morgan fingerprint density at radius 1 is 1.25 bits per heavy atom. The van der Waals surface area contributed by atoms with Gasteiger partial charge in [0.2, 0.25) is 11.6 Å². The minimum atomic E-state index is -0.670. The molecular weight excluding hydrogens is 256 g/mol. The second-order valence-corrected chi connectivity index (χ2v) is 7.85. The SMILES string of the molecule is CC1CC23OC2(O3)C(CC2(C)CCCCC2)C1C(=O)O. The number of epoxide rings is 2. The minimum Gasteiger partial charge on any atom is -0.481 e. The lowest BCUT2D eigenvalue weighted by Crippen LogP contribution is -2.41. The largest absolute Gasteiger partial charge is 0.481 e. The van der Waals surface area contributed by atoms with Crippen molar-refractivity contribution in [1.82, 2.24) is 0 Å². The standard InChI is InChI=1S/C16H24O4/c1-10-8-15-16(19-15,20-15)11(12(10)13(17)18)9-14(2)6-4-3-5-7-14/h10-12H,3-9H2,1-2H3,(H,17,18). The van der Waals surface area contributed by atoms with Crippen LogP contribution in [0.1, 0.15) is 58.8 Å². The molecule has 2 saturated carbocycles. The van der Waals surface area contributed by atoms with Gasteiger partial charge < -0.3 is 14.6 Å². The van der Waals surface area contributed by atoms with Crippen molar-refractivity contribution in [3.8, 4) is 0 Å². The third kappa shape index (κ3) is 1.58. The summed E-state index contributed by atoms with van der Waals surface area (Å²) in [6.45, 7) is 4.37. The molecule has 0 aromatic heterocycles. The van der Waals surface area contributed by atoms with Gasteiger partial charge in [-0.15, -0.1) is 0 Å². The molecule has 2 heterocycles. The molecule has 4 fully saturated rings. The first-order valence-corrected chi connectivity index (χ1v) is 8.05. The van der Waals surface area contributed by atoms with E-state index < -0.39 is 11.8 Å². The monoisotopic (exact) mass is 280 g/mol. The molecule has 0 bridgehead atoms. The second kappa shape index (κ2) is 3.77. The predicted octanol–water partition coefficient (Wildman–Crippen LogP) is 3.16. The highest BCUT2D eigenvalue weighted by Gasteiger charge is 2.95. The van der Waals surface area contributed by atoms with E-state index >= 15 is 0 Å². The minimum absolute atomic E-state index is 0.0341. The van der Waals surface area contributed by atoms with Crippen LogP contribution in [0, 0.1) is 23.2 Å². The molecule has 3 unspecified atom stereocenters. The van der Waals surface area contributed by atoms with E-state index in [-0.39, 0.29) is 29.0 Å². The lowest BCUT2D eigenvalue weighted by Gasteiger charge is -2.39. The highest BCUT2D eigenvalue weighted by molar-refractivity contribution is 5.72. The van der Waals surface area contributed by atoms with Crippen LogP contribution in [0.2, 0.25) is 0 Å². The maximum absolute atomic E-state index is 11.7. The van der Waals surface area contributed by atoms with E-state index in [2.05, 4.69) is 6.92 Å². The molecule has 4 rings (SSSR count). The first kappa shape index (κ1) is 13.1. The van der Waals surface area contributed by atoms with Gasteiger partial charge in [0.05, 0.1) is 5.92 Å². The highest BCUT2D eigenvalue weighted by Crippen LogP contribution is 2.79. The normalized spacial score (nSPS) is 51.8. The van der Waals surface area contributed by atoms with Gasteiger partial charge in [0, 0.05) is 12.3 Å². The summed E-state index contributed by atoms with van der Waals surface area (Å²) in [4.78, 5) is 11.7. The van der Waals surface area contributed by atoms with E-state index in [1.807, 2.05) is 6.92 Å². The molecule has 0 aromatic rings. The zero-order chi connectivity index (χ0) is 14.2. The third-order valence-corrected chi connectivity index (χ3v) is 6.26. The molecule has 4 nitrogen and oxygen atoms in total. The molecule has 4 aliphatic rings. The number of ether oxygens (including phenoxy) is 2. The smallest absolute Gasteiger partial charge is 0.307 e. The second-order valence-electron chi connectivity index (χ2n) is 7.85. The van der Waals surface area contributed by atoms with Crippen molar-refractivity contribution < 1.29 is 19.4 Å². The average molecular weight is 280 g/mol. The summed E-state index contributed by atoms with van der Waals surface area (Å²) in [5, 5.41) is 9.65. The number of carboxylic acids is 1. The Labute approximate surface area is 119 Å². The molecule has 0 spiro atoms. The summed E-state index contributed by atoms with van der Waals surface area (Å²) in [6, 6.07) is 0. The van der Waals surface area contributed by atoms with E-state index in [1.54, 1.807) is 0 Å². The molecule has 0 aromatic carbocycles. The predicted molar refractivity (Wildman–Crippen MR) is 71.8 cm³/mol. The van der Waals surface area contributed by atoms with Crippen LogP contribution in [0.5, 0.6) is 0 Å². The van der Waals surface area contributed by atoms with E-state index in [4.69, 9.17) is 9.47 Å². The first-order valence-electron chi connectivity index (χ1n) is 8.05.